The van der Waals surface area contributed by atoms with Gasteiger partial charge in [-0.3, -0.25) is 4.79 Å². The van der Waals surface area contributed by atoms with Crippen molar-refractivity contribution in [1.29, 1.82) is 0 Å². The van der Waals surface area contributed by atoms with Gasteiger partial charge in [0.05, 0.1) is 19.1 Å². The summed E-state index contributed by atoms with van der Waals surface area (Å²) in [6.07, 6.45) is 0.731. The Morgan fingerprint density at radius 1 is 1.40 bits per heavy atom. The third-order valence-electron chi connectivity index (χ3n) is 3.39. The molecule has 3 nitrogen and oxygen atoms in total. The Bertz CT molecular complexity index is 626. The second-order valence-corrected chi connectivity index (χ2v) is 6.49. The van der Waals surface area contributed by atoms with E-state index in [4.69, 9.17) is 4.74 Å². The van der Waals surface area contributed by atoms with E-state index < -0.39 is 0 Å². The number of halogens is 1. The monoisotopic (exact) mass is 351 g/mol. The van der Waals surface area contributed by atoms with Gasteiger partial charge in [-0.05, 0) is 39.9 Å². The smallest absolute Gasteiger partial charge is 0.228 e. The number of rotatable bonds is 3. The molecule has 1 aromatic carbocycles. The predicted molar refractivity (Wildman–Crippen MR) is 83.2 cm³/mol. The Kier molecular flexibility index (Phi) is 4.08. The number of carbonyl (C=O) groups is 1. The molecule has 5 heteroatoms. The lowest BCUT2D eigenvalue weighted by atomic mass is 9.92. The first-order chi connectivity index (χ1) is 9.75. The lowest BCUT2D eigenvalue weighted by molar-refractivity contribution is -0.123. The number of hydrogen-bond donors (Lipinski definition) is 1. The molecule has 0 bridgehead atoms. The number of benzene rings is 1. The molecule has 1 atom stereocenters. The molecule has 0 radical (unpaired) electrons. The molecule has 0 fully saturated rings. The van der Waals surface area contributed by atoms with E-state index in [2.05, 4.69) is 21.2 Å². The first kappa shape index (κ1) is 13.6. The summed E-state index contributed by atoms with van der Waals surface area (Å²) in [6.45, 7) is 1.16. The number of ether oxygens (including phenoxy) is 1. The van der Waals surface area contributed by atoms with Crippen molar-refractivity contribution in [2.24, 2.45) is 0 Å². The molecule has 2 aromatic rings. The van der Waals surface area contributed by atoms with Crippen LogP contribution >= 0.6 is 27.3 Å². The molecule has 1 unspecified atom stereocenters. The van der Waals surface area contributed by atoms with Crippen LogP contribution in [0.4, 0.5) is 0 Å². The van der Waals surface area contributed by atoms with Gasteiger partial charge in [-0.1, -0.05) is 18.2 Å². The van der Waals surface area contributed by atoms with E-state index in [1.807, 2.05) is 35.7 Å². The highest BCUT2D eigenvalue weighted by atomic mass is 79.9. The van der Waals surface area contributed by atoms with Gasteiger partial charge in [-0.25, -0.2) is 0 Å². The minimum Gasteiger partial charge on any atom is -0.493 e. The fourth-order valence-corrected chi connectivity index (χ4v) is 3.79. The summed E-state index contributed by atoms with van der Waals surface area (Å²) in [5.41, 5.74) is 0.987. The fraction of sp³-hybridized carbons (Fsp3) is 0.267. The largest absolute Gasteiger partial charge is 0.493 e. The number of para-hydroxylation sites is 1. The summed E-state index contributed by atoms with van der Waals surface area (Å²) in [4.78, 5) is 13.5. The van der Waals surface area contributed by atoms with E-state index in [1.54, 1.807) is 11.3 Å². The maximum atomic E-state index is 12.4. The summed E-state index contributed by atoms with van der Waals surface area (Å²) in [6, 6.07) is 9.77. The summed E-state index contributed by atoms with van der Waals surface area (Å²) in [5, 5.41) is 5.03. The van der Waals surface area contributed by atoms with Crippen molar-refractivity contribution in [3.8, 4) is 5.75 Å². The van der Waals surface area contributed by atoms with Gasteiger partial charge in [0.2, 0.25) is 5.91 Å². The first-order valence-corrected chi connectivity index (χ1v) is 8.14. The van der Waals surface area contributed by atoms with Gasteiger partial charge in [0.15, 0.2) is 0 Å². The van der Waals surface area contributed by atoms with Crippen LogP contribution in [-0.4, -0.2) is 12.5 Å². The van der Waals surface area contributed by atoms with Crippen LogP contribution in [0, 0.1) is 0 Å². The molecule has 3 rings (SSSR count). The van der Waals surface area contributed by atoms with E-state index in [0.717, 1.165) is 27.1 Å². The quantitative estimate of drug-likeness (QED) is 0.915. The van der Waals surface area contributed by atoms with E-state index >= 15 is 0 Å². The highest BCUT2D eigenvalue weighted by molar-refractivity contribution is 9.10. The van der Waals surface area contributed by atoms with Crippen molar-refractivity contribution in [2.75, 3.05) is 6.61 Å². The molecular weight excluding hydrogens is 338 g/mol. The normalized spacial score (nSPS) is 17.1. The fourth-order valence-electron chi connectivity index (χ4n) is 2.36. The van der Waals surface area contributed by atoms with Crippen molar-refractivity contribution >= 4 is 33.2 Å². The highest BCUT2D eigenvalue weighted by Crippen LogP contribution is 2.33. The molecule has 0 saturated carbocycles. The Hall–Kier alpha value is -1.33. The van der Waals surface area contributed by atoms with Gasteiger partial charge in [-0.15, -0.1) is 11.3 Å². The molecule has 2 heterocycles. The summed E-state index contributed by atoms with van der Waals surface area (Å²) >= 11 is 5.11. The zero-order valence-corrected chi connectivity index (χ0v) is 13.2. The van der Waals surface area contributed by atoms with Crippen LogP contribution in [0.5, 0.6) is 5.75 Å². The van der Waals surface area contributed by atoms with Crippen molar-refractivity contribution in [2.45, 2.75) is 18.9 Å². The maximum Gasteiger partial charge on any atom is 0.228 e. The van der Waals surface area contributed by atoms with Crippen LogP contribution in [0.1, 0.15) is 22.8 Å². The second-order valence-electron chi connectivity index (χ2n) is 4.64. The molecule has 0 spiro atoms. The van der Waals surface area contributed by atoms with E-state index in [0.29, 0.717) is 13.2 Å². The predicted octanol–water partition coefficient (Wildman–Crippen LogP) is 3.69. The third kappa shape index (κ3) is 2.74. The number of carbonyl (C=O) groups excluding carboxylic acids is 1. The van der Waals surface area contributed by atoms with E-state index in [1.165, 1.54) is 0 Å². The Morgan fingerprint density at radius 3 is 3.05 bits per heavy atom. The van der Waals surface area contributed by atoms with Crippen molar-refractivity contribution in [3.05, 3.63) is 50.6 Å². The minimum atomic E-state index is -0.112. The molecule has 1 aliphatic rings. The summed E-state index contributed by atoms with van der Waals surface area (Å²) in [5.74, 6) is 0.788. The third-order valence-corrected chi connectivity index (χ3v) is 5.32. The number of amides is 1. The van der Waals surface area contributed by atoms with Crippen molar-refractivity contribution in [1.82, 2.24) is 5.32 Å². The zero-order chi connectivity index (χ0) is 13.9. The molecule has 1 aliphatic heterocycles. The molecular formula is C15H14BrNO2S. The Balaban J connectivity index is 1.71. The van der Waals surface area contributed by atoms with Gasteiger partial charge in [0.25, 0.3) is 0 Å². The molecule has 0 saturated heterocycles. The lowest BCUT2D eigenvalue weighted by Gasteiger charge is -2.25. The van der Waals surface area contributed by atoms with Gasteiger partial charge in [0.1, 0.15) is 5.75 Å². The Morgan fingerprint density at radius 2 is 2.25 bits per heavy atom. The SMILES string of the molecule is O=C(NCc1sccc1Br)C1CCOc2ccccc21. The first-order valence-electron chi connectivity index (χ1n) is 6.47. The van der Waals surface area contributed by atoms with Crippen LogP contribution in [0.2, 0.25) is 0 Å². The topological polar surface area (TPSA) is 38.3 Å². The summed E-state index contributed by atoms with van der Waals surface area (Å²) in [7, 11) is 0. The highest BCUT2D eigenvalue weighted by Gasteiger charge is 2.27. The molecule has 0 aliphatic carbocycles. The Labute approximate surface area is 130 Å². The minimum absolute atomic E-state index is 0.0704. The summed E-state index contributed by atoms with van der Waals surface area (Å²) < 4.78 is 6.64. The average molecular weight is 352 g/mol. The van der Waals surface area contributed by atoms with Crippen molar-refractivity contribution < 1.29 is 9.53 Å². The molecule has 1 aromatic heterocycles. The molecule has 1 N–H and O–H groups in total. The standard InChI is InChI=1S/C15H14BrNO2S/c16-12-6-8-20-14(12)9-17-15(18)11-5-7-19-13-4-2-1-3-10(11)13/h1-4,6,8,11H,5,7,9H2,(H,17,18). The number of fused-ring (bicyclic) bond motifs is 1. The molecule has 20 heavy (non-hydrogen) atoms. The van der Waals surface area contributed by atoms with Gasteiger partial charge in [0, 0.05) is 14.9 Å². The number of thiophene rings is 1. The van der Waals surface area contributed by atoms with Crippen LogP contribution in [0.15, 0.2) is 40.2 Å². The van der Waals surface area contributed by atoms with Gasteiger partial charge in [-0.2, -0.15) is 0 Å². The van der Waals surface area contributed by atoms with Gasteiger partial charge < -0.3 is 10.1 Å². The molecule has 104 valence electrons. The zero-order valence-electron chi connectivity index (χ0n) is 10.8. The van der Waals surface area contributed by atoms with E-state index in [9.17, 15) is 4.79 Å². The van der Waals surface area contributed by atoms with Crippen LogP contribution in [0.25, 0.3) is 0 Å². The second kappa shape index (κ2) is 5.97. The van der Waals surface area contributed by atoms with Crippen LogP contribution < -0.4 is 10.1 Å². The lowest BCUT2D eigenvalue weighted by Crippen LogP contribution is -2.31. The average Bonchev–Trinajstić information content (AvgIpc) is 2.89. The maximum absolute atomic E-state index is 12.4. The number of hydrogen-bond acceptors (Lipinski definition) is 3. The van der Waals surface area contributed by atoms with Gasteiger partial charge >= 0.3 is 0 Å². The van der Waals surface area contributed by atoms with Crippen LogP contribution in [-0.2, 0) is 11.3 Å². The van der Waals surface area contributed by atoms with Crippen LogP contribution in [0.3, 0.4) is 0 Å². The van der Waals surface area contributed by atoms with E-state index in [-0.39, 0.29) is 11.8 Å². The van der Waals surface area contributed by atoms with Crippen molar-refractivity contribution in [3.63, 3.8) is 0 Å². The number of nitrogens with one attached hydrogen (secondary N) is 1. The molecule has 1 amide bonds.